The number of rotatable bonds is 1. The summed E-state index contributed by atoms with van der Waals surface area (Å²) in [5.41, 5.74) is 1.31. The lowest BCUT2D eigenvalue weighted by Gasteiger charge is -2.32. The summed E-state index contributed by atoms with van der Waals surface area (Å²) in [4.78, 5) is 2.41. The number of nitrogens with zero attached hydrogens (tertiary/aromatic N) is 1. The van der Waals surface area contributed by atoms with Gasteiger partial charge in [-0.05, 0) is 59.9 Å². The molecule has 0 bridgehead atoms. The molecule has 2 N–H and O–H groups in total. The van der Waals surface area contributed by atoms with E-state index >= 15 is 0 Å². The lowest BCUT2D eigenvalue weighted by atomic mass is 9.82. The average molecular weight is 385 g/mol. The second-order valence-electron chi connectivity index (χ2n) is 8.67. The van der Waals surface area contributed by atoms with Crippen molar-refractivity contribution >= 4 is 70.3 Å². The van der Waals surface area contributed by atoms with Gasteiger partial charge in [0.1, 0.15) is 0 Å². The van der Waals surface area contributed by atoms with E-state index in [9.17, 15) is 0 Å². The summed E-state index contributed by atoms with van der Waals surface area (Å²) in [6.07, 6.45) is 0. The Labute approximate surface area is 172 Å². The molecular formula is C27H19N3. The molecular weight excluding hydrogens is 366 g/mol. The fourth-order valence-electron chi connectivity index (χ4n) is 5.93. The van der Waals surface area contributed by atoms with Crippen molar-refractivity contribution in [2.45, 2.75) is 0 Å². The zero-order valence-electron chi connectivity index (χ0n) is 16.4. The number of nitrogens with one attached hydrogen (secondary N) is 2. The molecule has 1 saturated heterocycles. The third-order valence-corrected chi connectivity index (χ3v) is 7.18. The van der Waals surface area contributed by atoms with Gasteiger partial charge in [0.2, 0.25) is 0 Å². The van der Waals surface area contributed by atoms with Crippen LogP contribution in [0.25, 0.3) is 64.6 Å². The minimum absolute atomic E-state index is 0.863. The highest BCUT2D eigenvalue weighted by molar-refractivity contribution is 6.45. The smallest absolute Gasteiger partial charge is 0.0705 e. The third-order valence-electron chi connectivity index (χ3n) is 7.18. The molecule has 3 nitrogen and oxygen atoms in total. The summed E-state index contributed by atoms with van der Waals surface area (Å²) in [5.74, 6) is 0. The molecule has 0 aromatic heterocycles. The van der Waals surface area contributed by atoms with E-state index in [4.69, 9.17) is 0 Å². The van der Waals surface area contributed by atoms with E-state index in [2.05, 4.69) is 82.3 Å². The van der Waals surface area contributed by atoms with Gasteiger partial charge in [0.25, 0.3) is 0 Å². The zero-order valence-corrected chi connectivity index (χ0v) is 16.4. The topological polar surface area (TPSA) is 27.3 Å². The second kappa shape index (κ2) is 5.20. The number of hydrogen-bond donors (Lipinski definition) is 2. The predicted molar refractivity (Wildman–Crippen MR) is 128 cm³/mol. The van der Waals surface area contributed by atoms with Crippen molar-refractivity contribution in [2.75, 3.05) is 24.9 Å². The molecule has 0 atom stereocenters. The van der Waals surface area contributed by atoms with Gasteiger partial charge in [0.05, 0.1) is 13.3 Å². The van der Waals surface area contributed by atoms with Crippen LogP contribution < -0.4 is 15.5 Å². The molecule has 0 spiro atoms. The fourth-order valence-corrected chi connectivity index (χ4v) is 5.93. The largest absolute Gasteiger partial charge is 0.345 e. The predicted octanol–water partition coefficient (Wildman–Crippen LogP) is 5.79. The minimum Gasteiger partial charge on any atom is -0.345 e. The quantitative estimate of drug-likeness (QED) is 0.277. The summed E-state index contributed by atoms with van der Waals surface area (Å²) in [5, 5.41) is 23.5. The molecule has 0 amide bonds. The molecule has 3 heteroatoms. The van der Waals surface area contributed by atoms with Crippen LogP contribution in [0.3, 0.4) is 0 Å². The van der Waals surface area contributed by atoms with E-state index in [-0.39, 0.29) is 0 Å². The van der Waals surface area contributed by atoms with Gasteiger partial charge < -0.3 is 4.90 Å². The highest BCUT2D eigenvalue weighted by Gasteiger charge is 2.23. The maximum Gasteiger partial charge on any atom is 0.0705 e. The SMILES string of the molecule is c1cc2ccc3ccc4c(N5CNCNC5)cc5ccc6ccc1c1c2c3c4c5c61. The van der Waals surface area contributed by atoms with E-state index in [1.54, 1.807) is 0 Å². The van der Waals surface area contributed by atoms with Gasteiger partial charge in [-0.15, -0.1) is 0 Å². The first kappa shape index (κ1) is 15.4. The number of hydrogen-bond acceptors (Lipinski definition) is 3. The minimum atomic E-state index is 0.863. The number of anilines is 1. The molecule has 0 unspecified atom stereocenters. The molecule has 8 rings (SSSR count). The molecule has 0 aliphatic carbocycles. The van der Waals surface area contributed by atoms with Crippen LogP contribution in [-0.4, -0.2) is 20.0 Å². The van der Waals surface area contributed by atoms with Gasteiger partial charge in [-0.3, -0.25) is 10.6 Å². The molecule has 1 aliphatic heterocycles. The lowest BCUT2D eigenvalue weighted by molar-refractivity contribution is 0.495. The Morgan fingerprint density at radius 3 is 1.50 bits per heavy atom. The van der Waals surface area contributed by atoms with Crippen molar-refractivity contribution in [2.24, 2.45) is 0 Å². The van der Waals surface area contributed by atoms with E-state index in [1.165, 1.54) is 70.3 Å². The Balaban J connectivity index is 1.72. The van der Waals surface area contributed by atoms with Gasteiger partial charge in [0, 0.05) is 23.1 Å². The summed E-state index contributed by atoms with van der Waals surface area (Å²) in [6, 6.07) is 25.4. The molecule has 1 aliphatic rings. The van der Waals surface area contributed by atoms with E-state index in [0.717, 1.165) is 20.0 Å². The summed E-state index contributed by atoms with van der Waals surface area (Å²) in [7, 11) is 0. The van der Waals surface area contributed by atoms with Crippen LogP contribution in [0, 0.1) is 0 Å². The molecule has 7 aromatic carbocycles. The van der Waals surface area contributed by atoms with E-state index < -0.39 is 0 Å². The maximum absolute atomic E-state index is 3.45. The van der Waals surface area contributed by atoms with Gasteiger partial charge in [-0.2, -0.15) is 0 Å². The Hall–Kier alpha value is -3.40. The summed E-state index contributed by atoms with van der Waals surface area (Å²) < 4.78 is 0. The normalized spacial score (nSPS) is 15.9. The second-order valence-corrected chi connectivity index (χ2v) is 8.67. The third kappa shape index (κ3) is 1.71. The van der Waals surface area contributed by atoms with Gasteiger partial charge in [-0.1, -0.05) is 60.7 Å². The van der Waals surface area contributed by atoms with Crippen molar-refractivity contribution in [3.05, 3.63) is 66.7 Å². The van der Waals surface area contributed by atoms with Crippen LogP contribution in [0.2, 0.25) is 0 Å². The lowest BCUT2D eigenvalue weighted by Crippen LogP contribution is -2.50. The van der Waals surface area contributed by atoms with E-state index in [0.29, 0.717) is 0 Å². The standard InChI is InChI=1S/C27H19N3/c1-3-16-5-6-18-9-10-20-21(30-13-28-12-29-14-30)11-19-8-7-17-4-2-15(1)22-23(16)25(18)27(20)26(19)24(17)22/h1-11,28-29H,12-14H2. The molecule has 0 saturated carbocycles. The Morgan fingerprint density at radius 2 is 0.933 bits per heavy atom. The molecule has 0 radical (unpaired) electrons. The first-order valence-electron chi connectivity index (χ1n) is 10.7. The number of benzene rings is 7. The van der Waals surface area contributed by atoms with Crippen LogP contribution in [-0.2, 0) is 0 Å². The summed E-state index contributed by atoms with van der Waals surface area (Å²) in [6.45, 7) is 2.59. The van der Waals surface area contributed by atoms with Crippen molar-refractivity contribution in [3.63, 3.8) is 0 Å². The Morgan fingerprint density at radius 1 is 0.500 bits per heavy atom. The van der Waals surface area contributed by atoms with Gasteiger partial charge in [-0.25, -0.2) is 0 Å². The van der Waals surface area contributed by atoms with E-state index in [1.807, 2.05) is 0 Å². The highest BCUT2D eigenvalue weighted by atomic mass is 15.4. The Bertz CT molecular complexity index is 1670. The fraction of sp³-hybridized carbons (Fsp3) is 0.111. The van der Waals surface area contributed by atoms with Crippen molar-refractivity contribution < 1.29 is 0 Å². The van der Waals surface area contributed by atoms with Crippen LogP contribution in [0.4, 0.5) is 5.69 Å². The molecule has 7 aromatic rings. The van der Waals surface area contributed by atoms with Crippen LogP contribution in [0.15, 0.2) is 66.7 Å². The van der Waals surface area contributed by atoms with Crippen LogP contribution in [0.1, 0.15) is 0 Å². The highest BCUT2D eigenvalue weighted by Crippen LogP contribution is 2.50. The van der Waals surface area contributed by atoms with Crippen molar-refractivity contribution in [1.29, 1.82) is 0 Å². The van der Waals surface area contributed by atoms with Crippen molar-refractivity contribution in [3.8, 4) is 0 Å². The molecule has 1 heterocycles. The maximum atomic E-state index is 3.45. The van der Waals surface area contributed by atoms with Gasteiger partial charge in [0.15, 0.2) is 0 Å². The van der Waals surface area contributed by atoms with Crippen LogP contribution in [0.5, 0.6) is 0 Å². The monoisotopic (exact) mass is 385 g/mol. The van der Waals surface area contributed by atoms with Crippen molar-refractivity contribution in [1.82, 2.24) is 10.6 Å². The van der Waals surface area contributed by atoms with Gasteiger partial charge >= 0.3 is 0 Å². The van der Waals surface area contributed by atoms with Crippen LogP contribution >= 0.6 is 0 Å². The zero-order chi connectivity index (χ0) is 19.4. The Kier molecular flexibility index (Phi) is 2.67. The molecule has 30 heavy (non-hydrogen) atoms. The molecule has 142 valence electrons. The summed E-state index contributed by atoms with van der Waals surface area (Å²) >= 11 is 0. The first-order valence-corrected chi connectivity index (χ1v) is 10.7. The average Bonchev–Trinajstić information content (AvgIpc) is 2.82. The first-order chi connectivity index (χ1) is 14.9. The molecule has 1 fully saturated rings.